The van der Waals surface area contributed by atoms with Crippen LogP contribution in [0.2, 0.25) is 0 Å². The Morgan fingerprint density at radius 2 is 1.52 bits per heavy atom. The number of carbonyl (C=O) groups is 1. The average molecular weight is 296 g/mol. The van der Waals surface area contributed by atoms with Gasteiger partial charge in [-0.15, -0.1) is 0 Å². The van der Waals surface area contributed by atoms with Crippen molar-refractivity contribution in [2.24, 2.45) is 0 Å². The van der Waals surface area contributed by atoms with Crippen molar-refractivity contribution < 1.29 is 24.1 Å². The van der Waals surface area contributed by atoms with Crippen molar-refractivity contribution in [2.75, 3.05) is 19.8 Å². The molecule has 0 spiro atoms. The molecule has 0 fully saturated rings. The molecule has 0 heterocycles. The number of aliphatic carboxylic acids is 1. The number of carboxylic acids is 1. The molecule has 1 rings (SSSR count). The summed E-state index contributed by atoms with van der Waals surface area (Å²) in [4.78, 5) is 10.7. The smallest absolute Gasteiger partial charge is 0.303 e. The fourth-order valence-electron chi connectivity index (χ4n) is 2.08. The van der Waals surface area contributed by atoms with Crippen LogP contribution in [-0.4, -0.2) is 30.9 Å². The van der Waals surface area contributed by atoms with Crippen LogP contribution in [0.25, 0.3) is 0 Å². The van der Waals surface area contributed by atoms with Gasteiger partial charge in [0, 0.05) is 24.1 Å². The second-order valence-electron chi connectivity index (χ2n) is 4.44. The molecule has 21 heavy (non-hydrogen) atoms. The molecule has 1 N–H and O–H groups in total. The summed E-state index contributed by atoms with van der Waals surface area (Å²) in [7, 11) is 0. The summed E-state index contributed by atoms with van der Waals surface area (Å²) in [5, 5.41) is 8.77. The lowest BCUT2D eigenvalue weighted by molar-refractivity contribution is -0.137. The van der Waals surface area contributed by atoms with E-state index in [1.54, 1.807) is 0 Å². The summed E-state index contributed by atoms with van der Waals surface area (Å²) in [5.41, 5.74) is 0.906. The van der Waals surface area contributed by atoms with Crippen molar-refractivity contribution in [1.29, 1.82) is 0 Å². The average Bonchev–Trinajstić information content (AvgIpc) is 2.42. The Bertz CT molecular complexity index is 429. The van der Waals surface area contributed by atoms with E-state index in [1.165, 1.54) is 0 Å². The third-order valence-electron chi connectivity index (χ3n) is 2.87. The second-order valence-corrected chi connectivity index (χ2v) is 4.44. The van der Waals surface area contributed by atoms with Gasteiger partial charge in [0.25, 0.3) is 0 Å². The molecule has 0 unspecified atom stereocenters. The highest BCUT2D eigenvalue weighted by Gasteiger charge is 2.14. The van der Waals surface area contributed by atoms with Gasteiger partial charge < -0.3 is 19.3 Å². The fraction of sp³-hybridized carbons (Fsp3) is 0.562. The third kappa shape index (κ3) is 5.53. The molecular weight excluding hydrogens is 272 g/mol. The van der Waals surface area contributed by atoms with E-state index in [2.05, 4.69) is 0 Å². The van der Waals surface area contributed by atoms with Crippen molar-refractivity contribution in [1.82, 2.24) is 0 Å². The van der Waals surface area contributed by atoms with E-state index in [-0.39, 0.29) is 6.42 Å². The van der Waals surface area contributed by atoms with Crippen molar-refractivity contribution in [3.05, 3.63) is 17.7 Å². The van der Waals surface area contributed by atoms with Crippen LogP contribution < -0.4 is 14.2 Å². The molecule has 0 aliphatic carbocycles. The molecule has 5 heteroatoms. The standard InChI is InChI=1S/C16H24O5/c1-4-19-12-10-14(20-5-2)13(8-7-9-16(17)18)15(11-12)21-6-3/h10-11H,4-9H2,1-3H3,(H,17,18). The summed E-state index contributed by atoms with van der Waals surface area (Å²) < 4.78 is 16.8. The highest BCUT2D eigenvalue weighted by Crippen LogP contribution is 2.35. The predicted molar refractivity (Wildman–Crippen MR) is 80.5 cm³/mol. The topological polar surface area (TPSA) is 65.0 Å². The maximum atomic E-state index is 10.7. The van der Waals surface area contributed by atoms with Gasteiger partial charge in [-0.25, -0.2) is 0 Å². The fourth-order valence-corrected chi connectivity index (χ4v) is 2.08. The Morgan fingerprint density at radius 1 is 1.00 bits per heavy atom. The van der Waals surface area contributed by atoms with Crippen molar-refractivity contribution in [2.45, 2.75) is 40.0 Å². The lowest BCUT2D eigenvalue weighted by Gasteiger charge is -2.17. The highest BCUT2D eigenvalue weighted by atomic mass is 16.5. The molecule has 1 aromatic rings. The monoisotopic (exact) mass is 296 g/mol. The molecule has 0 bridgehead atoms. The molecular formula is C16H24O5. The van der Waals surface area contributed by atoms with Crippen molar-refractivity contribution >= 4 is 5.97 Å². The summed E-state index contributed by atoms with van der Waals surface area (Å²) >= 11 is 0. The number of rotatable bonds is 10. The van der Waals surface area contributed by atoms with E-state index in [0.717, 1.165) is 5.56 Å². The first-order chi connectivity index (χ1) is 10.1. The summed E-state index contributed by atoms with van der Waals surface area (Å²) in [6.07, 6.45) is 1.27. The molecule has 1 aromatic carbocycles. The van der Waals surface area contributed by atoms with Crippen molar-refractivity contribution in [3.8, 4) is 17.2 Å². The van der Waals surface area contributed by atoms with E-state index >= 15 is 0 Å². The quantitative estimate of drug-likeness (QED) is 0.717. The predicted octanol–water partition coefficient (Wildman–Crippen LogP) is 3.29. The minimum absolute atomic E-state index is 0.129. The maximum Gasteiger partial charge on any atom is 0.303 e. The van der Waals surface area contributed by atoms with Gasteiger partial charge in [-0.2, -0.15) is 0 Å². The van der Waals surface area contributed by atoms with Crippen molar-refractivity contribution in [3.63, 3.8) is 0 Å². The molecule has 0 aromatic heterocycles. The maximum absolute atomic E-state index is 10.7. The first-order valence-corrected chi connectivity index (χ1v) is 7.39. The van der Waals surface area contributed by atoms with E-state index in [4.69, 9.17) is 19.3 Å². The zero-order valence-electron chi connectivity index (χ0n) is 13.0. The highest BCUT2D eigenvalue weighted by molar-refractivity contribution is 5.66. The minimum Gasteiger partial charge on any atom is -0.494 e. The zero-order chi connectivity index (χ0) is 15.7. The van der Waals surface area contributed by atoms with Gasteiger partial charge in [0.15, 0.2) is 0 Å². The van der Waals surface area contributed by atoms with Crippen LogP contribution in [-0.2, 0) is 11.2 Å². The third-order valence-corrected chi connectivity index (χ3v) is 2.87. The molecule has 0 amide bonds. The van der Waals surface area contributed by atoms with Gasteiger partial charge in [0.05, 0.1) is 19.8 Å². The summed E-state index contributed by atoms with van der Waals surface area (Å²) in [6.45, 7) is 7.38. The van der Waals surface area contributed by atoms with Crippen LogP contribution in [0.4, 0.5) is 0 Å². The molecule has 0 atom stereocenters. The lowest BCUT2D eigenvalue weighted by atomic mass is 10.1. The number of hydrogen-bond donors (Lipinski definition) is 1. The van der Waals surface area contributed by atoms with Gasteiger partial charge in [-0.3, -0.25) is 4.79 Å². The molecule has 0 radical (unpaired) electrons. The second kappa shape index (κ2) is 9.10. The number of hydrogen-bond acceptors (Lipinski definition) is 4. The Kier molecular flexibility index (Phi) is 7.43. The molecule has 0 aliphatic heterocycles. The van der Waals surface area contributed by atoms with E-state index < -0.39 is 5.97 Å². The number of carboxylic acid groups (broad SMARTS) is 1. The zero-order valence-corrected chi connectivity index (χ0v) is 13.0. The Balaban J connectivity index is 3.05. The molecule has 0 aliphatic rings. The molecule has 118 valence electrons. The van der Waals surface area contributed by atoms with Gasteiger partial charge >= 0.3 is 5.97 Å². The Labute approximate surface area is 125 Å². The molecule has 5 nitrogen and oxygen atoms in total. The van der Waals surface area contributed by atoms with Crippen LogP contribution >= 0.6 is 0 Å². The minimum atomic E-state index is -0.795. The van der Waals surface area contributed by atoms with E-state index in [1.807, 2.05) is 32.9 Å². The van der Waals surface area contributed by atoms with Crippen LogP contribution in [0.15, 0.2) is 12.1 Å². The van der Waals surface area contributed by atoms with Gasteiger partial charge in [0.1, 0.15) is 17.2 Å². The summed E-state index contributed by atoms with van der Waals surface area (Å²) in [5.74, 6) is 1.32. The lowest BCUT2D eigenvalue weighted by Crippen LogP contribution is -2.05. The number of benzene rings is 1. The van der Waals surface area contributed by atoms with E-state index in [9.17, 15) is 4.79 Å². The van der Waals surface area contributed by atoms with Crippen LogP contribution in [0, 0.1) is 0 Å². The van der Waals surface area contributed by atoms with Crippen LogP contribution in [0.3, 0.4) is 0 Å². The first kappa shape index (κ1) is 17.1. The largest absolute Gasteiger partial charge is 0.494 e. The normalized spacial score (nSPS) is 10.2. The van der Waals surface area contributed by atoms with Crippen LogP contribution in [0.1, 0.15) is 39.2 Å². The Morgan fingerprint density at radius 3 is 1.95 bits per heavy atom. The molecule has 0 saturated heterocycles. The number of ether oxygens (including phenoxy) is 3. The van der Waals surface area contributed by atoms with Gasteiger partial charge in [-0.05, 0) is 33.6 Å². The molecule has 0 saturated carbocycles. The SMILES string of the molecule is CCOc1cc(OCC)c(CCCC(=O)O)c(OCC)c1. The first-order valence-electron chi connectivity index (χ1n) is 7.39. The van der Waals surface area contributed by atoms with Gasteiger partial charge in [0.2, 0.25) is 0 Å². The van der Waals surface area contributed by atoms with Gasteiger partial charge in [-0.1, -0.05) is 0 Å². The van der Waals surface area contributed by atoms with Crippen LogP contribution in [0.5, 0.6) is 17.2 Å². The summed E-state index contributed by atoms with van der Waals surface area (Å²) in [6, 6.07) is 3.68. The Hall–Kier alpha value is -1.91. The van der Waals surface area contributed by atoms with E-state index in [0.29, 0.717) is 49.9 Å².